The van der Waals surface area contributed by atoms with Crippen molar-refractivity contribution in [2.75, 3.05) is 19.0 Å². The summed E-state index contributed by atoms with van der Waals surface area (Å²) < 4.78 is 1.87. The molecule has 6 rings (SSSR count). The van der Waals surface area contributed by atoms with Crippen LogP contribution in [0.1, 0.15) is 5.69 Å². The van der Waals surface area contributed by atoms with Crippen LogP contribution in [0, 0.1) is 6.92 Å². The summed E-state index contributed by atoms with van der Waals surface area (Å²) in [7, 11) is 3.98. The molecule has 162 valence electrons. The van der Waals surface area contributed by atoms with E-state index in [0.29, 0.717) is 17.3 Å². The molecule has 0 aliphatic carbocycles. The Bertz CT molecular complexity index is 1620. The first kappa shape index (κ1) is 19.1. The van der Waals surface area contributed by atoms with E-state index in [1.165, 1.54) is 0 Å². The van der Waals surface area contributed by atoms with Crippen LogP contribution in [-0.2, 0) is 0 Å². The van der Waals surface area contributed by atoms with Crippen molar-refractivity contribution in [1.29, 1.82) is 0 Å². The summed E-state index contributed by atoms with van der Waals surface area (Å²) in [6.07, 6.45) is 10.9. The molecule has 6 aromatic heterocycles. The lowest BCUT2D eigenvalue weighted by molar-refractivity contribution is 1.00. The zero-order valence-corrected chi connectivity index (χ0v) is 18.3. The minimum Gasteiger partial charge on any atom is -0.376 e. The molecule has 0 aliphatic heterocycles. The van der Waals surface area contributed by atoms with Gasteiger partial charge in [0.2, 0.25) is 0 Å². The molecular weight excluding hydrogens is 416 g/mol. The van der Waals surface area contributed by atoms with E-state index in [2.05, 4.69) is 47.2 Å². The number of nitrogens with zero attached hydrogens (tertiary/aromatic N) is 8. The number of anilines is 1. The van der Waals surface area contributed by atoms with E-state index in [4.69, 9.17) is 4.98 Å². The standard InChI is InChI=1S/C23H20N10/c1-13-11-33(12-27-13)23-20-18(4-5-25-23)28-22(29-20)19-17-7-15(9-26-21(17)31-30-19)14-6-16(32(2)3)10-24-8-14/h4-12H,1-3H3,(H,28,29)(H,26,30,31). The molecule has 0 radical (unpaired) electrons. The third-order valence-corrected chi connectivity index (χ3v) is 5.56. The molecule has 0 spiro atoms. The Balaban J connectivity index is 1.48. The molecule has 0 saturated carbocycles. The molecule has 0 aromatic carbocycles. The largest absolute Gasteiger partial charge is 0.376 e. The molecule has 33 heavy (non-hydrogen) atoms. The van der Waals surface area contributed by atoms with E-state index < -0.39 is 0 Å². The fourth-order valence-corrected chi connectivity index (χ4v) is 3.83. The second-order valence-electron chi connectivity index (χ2n) is 8.06. The monoisotopic (exact) mass is 436 g/mol. The average Bonchev–Trinajstić information content (AvgIpc) is 3.55. The summed E-state index contributed by atoms with van der Waals surface area (Å²) in [6.45, 7) is 1.94. The number of imidazole rings is 2. The number of nitrogens with one attached hydrogen (secondary N) is 2. The number of pyridine rings is 3. The summed E-state index contributed by atoms with van der Waals surface area (Å²) in [5, 5.41) is 8.34. The van der Waals surface area contributed by atoms with Crippen LogP contribution in [-0.4, -0.2) is 58.8 Å². The molecule has 10 nitrogen and oxygen atoms in total. The molecule has 0 fully saturated rings. The van der Waals surface area contributed by atoms with Crippen molar-refractivity contribution in [3.05, 3.63) is 61.2 Å². The first-order valence-corrected chi connectivity index (χ1v) is 10.4. The smallest absolute Gasteiger partial charge is 0.181 e. The van der Waals surface area contributed by atoms with Crippen LogP contribution in [0.15, 0.2) is 55.5 Å². The summed E-state index contributed by atoms with van der Waals surface area (Å²) >= 11 is 0. The van der Waals surface area contributed by atoms with Gasteiger partial charge in [-0.15, -0.1) is 0 Å². The summed E-state index contributed by atoms with van der Waals surface area (Å²) in [5.41, 5.74) is 6.87. The van der Waals surface area contributed by atoms with Crippen LogP contribution in [0.5, 0.6) is 0 Å². The molecular formula is C23H20N10. The number of hydrogen-bond donors (Lipinski definition) is 2. The SMILES string of the molecule is Cc1cn(-c2nccc3[nH]c(-c4[nH]nc5ncc(-c6cncc(N(C)C)c6)cc45)nc23)cn1. The van der Waals surface area contributed by atoms with E-state index in [-0.39, 0.29) is 0 Å². The Hall–Kier alpha value is -4.60. The Labute approximate surface area is 188 Å². The van der Waals surface area contributed by atoms with Crippen molar-refractivity contribution >= 4 is 27.8 Å². The highest BCUT2D eigenvalue weighted by Gasteiger charge is 2.17. The van der Waals surface area contributed by atoms with Crippen molar-refractivity contribution in [1.82, 2.24) is 44.7 Å². The fraction of sp³-hybridized carbons (Fsp3) is 0.130. The quantitative estimate of drug-likeness (QED) is 0.434. The lowest BCUT2D eigenvalue weighted by Gasteiger charge is -2.12. The first-order valence-electron chi connectivity index (χ1n) is 10.4. The van der Waals surface area contributed by atoms with E-state index in [0.717, 1.165) is 44.6 Å². The molecule has 6 aromatic rings. The third kappa shape index (κ3) is 3.19. The molecule has 0 saturated heterocycles. The van der Waals surface area contributed by atoms with Gasteiger partial charge in [0.1, 0.15) is 17.5 Å². The molecule has 2 N–H and O–H groups in total. The summed E-state index contributed by atoms with van der Waals surface area (Å²) in [6, 6.07) is 6.05. The lowest BCUT2D eigenvalue weighted by Crippen LogP contribution is -2.08. The van der Waals surface area contributed by atoms with Crippen molar-refractivity contribution < 1.29 is 0 Å². The van der Waals surface area contributed by atoms with Crippen LogP contribution >= 0.6 is 0 Å². The maximum Gasteiger partial charge on any atom is 0.181 e. The Morgan fingerprint density at radius 2 is 1.88 bits per heavy atom. The molecule has 0 unspecified atom stereocenters. The maximum absolute atomic E-state index is 4.85. The van der Waals surface area contributed by atoms with Crippen LogP contribution in [0.2, 0.25) is 0 Å². The number of aromatic amines is 2. The number of aryl methyl sites for hydroxylation is 1. The molecule has 0 bridgehead atoms. The van der Waals surface area contributed by atoms with Gasteiger partial charge >= 0.3 is 0 Å². The minimum atomic E-state index is 0.620. The van der Waals surface area contributed by atoms with Gasteiger partial charge in [0.25, 0.3) is 0 Å². The van der Waals surface area contributed by atoms with Gasteiger partial charge in [-0.2, -0.15) is 5.10 Å². The Morgan fingerprint density at radius 3 is 2.70 bits per heavy atom. The molecule has 6 heterocycles. The number of H-pyrrole nitrogens is 2. The Kier molecular flexibility index (Phi) is 4.19. The van der Waals surface area contributed by atoms with Crippen LogP contribution in [0.3, 0.4) is 0 Å². The third-order valence-electron chi connectivity index (χ3n) is 5.56. The van der Waals surface area contributed by atoms with Crippen LogP contribution < -0.4 is 4.90 Å². The van der Waals surface area contributed by atoms with Gasteiger partial charge in [0.15, 0.2) is 17.3 Å². The van der Waals surface area contributed by atoms with Gasteiger partial charge in [0.05, 0.1) is 28.5 Å². The van der Waals surface area contributed by atoms with Gasteiger partial charge in [-0.05, 0) is 25.1 Å². The molecule has 0 amide bonds. The van der Waals surface area contributed by atoms with Crippen molar-refractivity contribution in [3.8, 4) is 28.5 Å². The second kappa shape index (κ2) is 7.23. The number of fused-ring (bicyclic) bond motifs is 2. The zero-order chi connectivity index (χ0) is 22.5. The highest BCUT2D eigenvalue weighted by atomic mass is 15.2. The van der Waals surface area contributed by atoms with Gasteiger partial charge in [-0.25, -0.2) is 19.9 Å². The average molecular weight is 436 g/mol. The second-order valence-corrected chi connectivity index (χ2v) is 8.06. The fourth-order valence-electron chi connectivity index (χ4n) is 3.83. The lowest BCUT2D eigenvalue weighted by atomic mass is 10.1. The topological polar surface area (TPSA) is 117 Å². The number of hydrogen-bond acceptors (Lipinski definition) is 7. The van der Waals surface area contributed by atoms with Gasteiger partial charge in [-0.1, -0.05) is 0 Å². The number of rotatable bonds is 4. The van der Waals surface area contributed by atoms with Crippen molar-refractivity contribution in [2.45, 2.75) is 6.92 Å². The van der Waals surface area contributed by atoms with E-state index in [9.17, 15) is 0 Å². The Morgan fingerprint density at radius 1 is 1.00 bits per heavy atom. The highest BCUT2D eigenvalue weighted by Crippen LogP contribution is 2.30. The van der Waals surface area contributed by atoms with Gasteiger partial charge < -0.3 is 9.88 Å². The number of aromatic nitrogens is 9. The van der Waals surface area contributed by atoms with Crippen LogP contribution in [0.4, 0.5) is 5.69 Å². The normalized spacial score (nSPS) is 11.5. The van der Waals surface area contributed by atoms with E-state index >= 15 is 0 Å². The highest BCUT2D eigenvalue weighted by molar-refractivity contribution is 5.94. The van der Waals surface area contributed by atoms with E-state index in [1.807, 2.05) is 61.3 Å². The summed E-state index contributed by atoms with van der Waals surface area (Å²) in [4.78, 5) is 28.0. The van der Waals surface area contributed by atoms with Gasteiger partial charge in [-0.3, -0.25) is 14.6 Å². The molecule has 0 atom stereocenters. The summed E-state index contributed by atoms with van der Waals surface area (Å²) in [5.74, 6) is 1.38. The van der Waals surface area contributed by atoms with Crippen molar-refractivity contribution in [3.63, 3.8) is 0 Å². The van der Waals surface area contributed by atoms with Gasteiger partial charge in [0, 0.05) is 50.0 Å². The molecule has 0 aliphatic rings. The predicted octanol–water partition coefficient (Wildman–Crippen LogP) is 3.52. The first-order chi connectivity index (χ1) is 16.1. The maximum atomic E-state index is 4.85. The minimum absolute atomic E-state index is 0.620. The van der Waals surface area contributed by atoms with Crippen LogP contribution in [0.25, 0.3) is 50.5 Å². The molecule has 10 heteroatoms. The zero-order valence-electron chi connectivity index (χ0n) is 18.3. The van der Waals surface area contributed by atoms with Crippen molar-refractivity contribution in [2.24, 2.45) is 0 Å². The predicted molar refractivity (Wildman–Crippen MR) is 126 cm³/mol. The van der Waals surface area contributed by atoms with E-state index in [1.54, 1.807) is 12.5 Å².